The highest BCUT2D eigenvalue weighted by atomic mass is 19.4. The van der Waals surface area contributed by atoms with Crippen LogP contribution in [0.4, 0.5) is 18.0 Å². The first kappa shape index (κ1) is 17.1. The molecule has 0 radical (unpaired) electrons. The van der Waals surface area contributed by atoms with Gasteiger partial charge in [0.25, 0.3) is 0 Å². The molecule has 0 saturated heterocycles. The average Bonchev–Trinajstić information content (AvgIpc) is 2.36. The number of urea groups is 1. The Morgan fingerprint density at radius 1 is 1.40 bits per heavy atom. The molecule has 0 aliphatic heterocycles. The van der Waals surface area contributed by atoms with Gasteiger partial charge in [0, 0.05) is 19.2 Å². The molecule has 4 nitrogen and oxygen atoms in total. The van der Waals surface area contributed by atoms with Gasteiger partial charge >= 0.3 is 12.2 Å². The molecule has 1 saturated carbocycles. The minimum absolute atomic E-state index is 0.0386. The fraction of sp³-hybridized carbons (Fsp3) is 0.923. The zero-order valence-electron chi connectivity index (χ0n) is 11.7. The second kappa shape index (κ2) is 7.71. The van der Waals surface area contributed by atoms with Crippen LogP contribution in [0.15, 0.2) is 0 Å². The molecule has 118 valence electrons. The van der Waals surface area contributed by atoms with Gasteiger partial charge in [-0.05, 0) is 31.6 Å². The predicted molar refractivity (Wildman–Crippen MR) is 69.2 cm³/mol. The summed E-state index contributed by atoms with van der Waals surface area (Å²) >= 11 is 0. The third-order valence-corrected chi connectivity index (χ3v) is 3.71. The van der Waals surface area contributed by atoms with Crippen molar-refractivity contribution >= 4 is 6.03 Å². The Balaban J connectivity index is 2.31. The first-order valence-corrected chi connectivity index (χ1v) is 7.05. The zero-order chi connectivity index (χ0) is 15.2. The lowest BCUT2D eigenvalue weighted by Gasteiger charge is -2.31. The van der Waals surface area contributed by atoms with E-state index in [2.05, 4.69) is 10.6 Å². The summed E-state index contributed by atoms with van der Waals surface area (Å²) in [7, 11) is 0. The Bertz CT molecular complexity index is 310. The van der Waals surface area contributed by atoms with Crippen LogP contribution in [-0.2, 0) is 0 Å². The summed E-state index contributed by atoms with van der Waals surface area (Å²) in [4.78, 5) is 11.6. The number of hydrogen-bond donors (Lipinski definition) is 3. The summed E-state index contributed by atoms with van der Waals surface area (Å²) in [5.74, 6) is -1.17. The second-order valence-electron chi connectivity index (χ2n) is 5.57. The van der Waals surface area contributed by atoms with Crippen molar-refractivity contribution in [3.63, 3.8) is 0 Å². The van der Waals surface area contributed by atoms with E-state index in [0.717, 1.165) is 0 Å². The third-order valence-electron chi connectivity index (χ3n) is 3.71. The number of aliphatic hydroxyl groups excluding tert-OH is 1. The molecule has 0 spiro atoms. The number of amides is 2. The van der Waals surface area contributed by atoms with Gasteiger partial charge in [-0.2, -0.15) is 13.2 Å². The quantitative estimate of drug-likeness (QED) is 0.729. The molecule has 0 aromatic heterocycles. The van der Waals surface area contributed by atoms with Crippen molar-refractivity contribution in [2.75, 3.05) is 13.2 Å². The van der Waals surface area contributed by atoms with Gasteiger partial charge in [0.1, 0.15) is 0 Å². The molecular weight excluding hydrogens is 273 g/mol. The summed E-state index contributed by atoms with van der Waals surface area (Å²) in [6.45, 7) is 2.35. The van der Waals surface area contributed by atoms with E-state index in [1.54, 1.807) is 0 Å². The Kier molecular flexibility index (Phi) is 6.58. The molecule has 1 fully saturated rings. The molecule has 20 heavy (non-hydrogen) atoms. The van der Waals surface area contributed by atoms with Crippen LogP contribution in [0, 0.1) is 11.8 Å². The molecule has 0 heterocycles. The highest BCUT2D eigenvalue weighted by Gasteiger charge is 2.42. The maximum atomic E-state index is 12.6. The van der Waals surface area contributed by atoms with Gasteiger partial charge in [0.05, 0.1) is 5.92 Å². The number of aliphatic hydroxyl groups is 1. The van der Waals surface area contributed by atoms with E-state index < -0.39 is 24.2 Å². The van der Waals surface area contributed by atoms with Gasteiger partial charge in [-0.15, -0.1) is 0 Å². The Morgan fingerprint density at radius 2 is 2.10 bits per heavy atom. The lowest BCUT2D eigenvalue weighted by Crippen LogP contribution is -2.46. The van der Waals surface area contributed by atoms with E-state index in [-0.39, 0.29) is 25.4 Å². The molecule has 7 heteroatoms. The molecule has 2 amide bonds. The van der Waals surface area contributed by atoms with E-state index in [0.29, 0.717) is 25.8 Å². The van der Waals surface area contributed by atoms with Crippen LogP contribution in [0.25, 0.3) is 0 Å². The van der Waals surface area contributed by atoms with Crippen molar-refractivity contribution in [3.8, 4) is 0 Å². The van der Waals surface area contributed by atoms with Crippen LogP contribution in [0.5, 0.6) is 0 Å². The summed E-state index contributed by atoms with van der Waals surface area (Å²) in [6.07, 6.45) is -2.41. The molecular formula is C13H23F3N2O2. The molecule has 0 aromatic rings. The topological polar surface area (TPSA) is 61.4 Å². The Hall–Kier alpha value is -0.980. The smallest absolute Gasteiger partial charge is 0.391 e. The first-order chi connectivity index (χ1) is 9.32. The lowest BCUT2D eigenvalue weighted by atomic mass is 9.85. The first-order valence-electron chi connectivity index (χ1n) is 7.05. The maximum Gasteiger partial charge on any atom is 0.391 e. The van der Waals surface area contributed by atoms with Gasteiger partial charge < -0.3 is 15.7 Å². The normalized spacial score (nSPS) is 25.1. The van der Waals surface area contributed by atoms with Crippen molar-refractivity contribution in [2.45, 2.75) is 51.2 Å². The number of carbonyl (C=O) groups excluding carboxylic acids is 1. The number of carbonyl (C=O) groups is 1. The van der Waals surface area contributed by atoms with Crippen LogP contribution in [0.1, 0.15) is 39.0 Å². The summed E-state index contributed by atoms with van der Waals surface area (Å²) in [6, 6.07) is -0.842. The molecule has 1 aliphatic rings. The number of alkyl halides is 3. The lowest BCUT2D eigenvalue weighted by molar-refractivity contribution is -0.183. The summed E-state index contributed by atoms with van der Waals surface area (Å²) < 4.78 is 37.9. The van der Waals surface area contributed by atoms with Crippen LogP contribution >= 0.6 is 0 Å². The predicted octanol–water partition coefficient (Wildman–Crippen LogP) is 2.43. The van der Waals surface area contributed by atoms with E-state index >= 15 is 0 Å². The highest BCUT2D eigenvalue weighted by molar-refractivity contribution is 5.74. The van der Waals surface area contributed by atoms with E-state index in [4.69, 9.17) is 5.11 Å². The van der Waals surface area contributed by atoms with Gasteiger partial charge in [-0.1, -0.05) is 13.3 Å². The van der Waals surface area contributed by atoms with Crippen molar-refractivity contribution in [2.24, 2.45) is 11.8 Å². The fourth-order valence-electron chi connectivity index (χ4n) is 2.44. The molecule has 0 aromatic carbocycles. The number of hydrogen-bond acceptors (Lipinski definition) is 2. The van der Waals surface area contributed by atoms with E-state index in [1.807, 2.05) is 6.92 Å². The Labute approximate surface area is 117 Å². The van der Waals surface area contributed by atoms with Crippen LogP contribution in [-0.4, -0.2) is 36.5 Å². The van der Waals surface area contributed by atoms with E-state index in [9.17, 15) is 18.0 Å². The van der Waals surface area contributed by atoms with Gasteiger partial charge in [0.2, 0.25) is 0 Å². The monoisotopic (exact) mass is 296 g/mol. The second-order valence-corrected chi connectivity index (χ2v) is 5.57. The molecule has 3 unspecified atom stereocenters. The van der Waals surface area contributed by atoms with Crippen LogP contribution in [0.3, 0.4) is 0 Å². The average molecular weight is 296 g/mol. The Morgan fingerprint density at radius 3 is 2.70 bits per heavy atom. The van der Waals surface area contributed by atoms with Gasteiger partial charge in [-0.25, -0.2) is 4.79 Å². The van der Waals surface area contributed by atoms with Crippen LogP contribution < -0.4 is 10.6 Å². The SMILES string of the molecule is CC(CCO)CNC(=O)NC1CCCC(C(F)(F)F)C1. The molecule has 3 N–H and O–H groups in total. The van der Waals surface area contributed by atoms with Crippen LogP contribution in [0.2, 0.25) is 0 Å². The fourth-order valence-corrected chi connectivity index (χ4v) is 2.44. The molecule has 3 atom stereocenters. The number of nitrogens with one attached hydrogen (secondary N) is 2. The summed E-state index contributed by atoms with van der Waals surface area (Å²) in [5, 5.41) is 14.0. The molecule has 1 aliphatic carbocycles. The minimum atomic E-state index is -4.17. The number of halogens is 3. The molecule has 1 rings (SSSR count). The number of rotatable bonds is 5. The standard InChI is InChI=1S/C13H23F3N2O2/c1-9(5-6-19)8-17-12(20)18-11-4-2-3-10(7-11)13(14,15)16/h9-11,19H,2-8H2,1H3,(H2,17,18,20). The minimum Gasteiger partial charge on any atom is -0.396 e. The van der Waals surface area contributed by atoms with Crippen molar-refractivity contribution in [1.82, 2.24) is 10.6 Å². The third kappa shape index (κ3) is 5.98. The van der Waals surface area contributed by atoms with Gasteiger partial charge in [-0.3, -0.25) is 0 Å². The van der Waals surface area contributed by atoms with Gasteiger partial charge in [0.15, 0.2) is 0 Å². The maximum absolute atomic E-state index is 12.6. The van der Waals surface area contributed by atoms with Crippen molar-refractivity contribution < 1.29 is 23.1 Å². The zero-order valence-corrected chi connectivity index (χ0v) is 11.7. The highest BCUT2D eigenvalue weighted by Crippen LogP contribution is 2.37. The van der Waals surface area contributed by atoms with E-state index in [1.165, 1.54) is 0 Å². The summed E-state index contributed by atoms with van der Waals surface area (Å²) in [5.41, 5.74) is 0. The largest absolute Gasteiger partial charge is 0.396 e. The van der Waals surface area contributed by atoms with Crippen molar-refractivity contribution in [1.29, 1.82) is 0 Å². The molecule has 0 bridgehead atoms. The van der Waals surface area contributed by atoms with Crippen molar-refractivity contribution in [3.05, 3.63) is 0 Å².